The number of hydrogen-bond acceptors (Lipinski definition) is 3. The molecule has 0 saturated heterocycles. The molecule has 1 rings (SSSR count). The first kappa shape index (κ1) is 11.0. The summed E-state index contributed by atoms with van der Waals surface area (Å²) in [6.07, 6.45) is 1.89. The number of pyridine rings is 1. The summed E-state index contributed by atoms with van der Waals surface area (Å²) >= 11 is 0. The van der Waals surface area contributed by atoms with Gasteiger partial charge in [-0.3, -0.25) is 4.98 Å². The van der Waals surface area contributed by atoms with Crippen molar-refractivity contribution in [2.45, 2.75) is 33.4 Å². The van der Waals surface area contributed by atoms with Crippen LogP contribution in [0.15, 0.2) is 18.3 Å². The molecule has 0 bridgehead atoms. The van der Waals surface area contributed by atoms with E-state index < -0.39 is 0 Å². The Morgan fingerprint density at radius 1 is 1.43 bits per heavy atom. The number of nitrogens with zero attached hydrogens (tertiary/aromatic N) is 2. The third-order valence-corrected chi connectivity index (χ3v) is 2.31. The second kappa shape index (κ2) is 4.96. The molecule has 0 aliphatic heterocycles. The normalized spacial score (nSPS) is 10.6. The molecular formula is C11H19N3. The van der Waals surface area contributed by atoms with E-state index >= 15 is 0 Å². The quantitative estimate of drug-likeness (QED) is 0.792. The van der Waals surface area contributed by atoms with Crippen LogP contribution in [-0.2, 0) is 6.54 Å². The summed E-state index contributed by atoms with van der Waals surface area (Å²) in [7, 11) is 0. The van der Waals surface area contributed by atoms with E-state index in [1.54, 1.807) is 0 Å². The Morgan fingerprint density at radius 2 is 2.14 bits per heavy atom. The predicted octanol–water partition coefficient (Wildman–Crippen LogP) is 1.77. The number of anilines is 1. The van der Waals surface area contributed by atoms with Crippen molar-refractivity contribution in [2.24, 2.45) is 5.73 Å². The van der Waals surface area contributed by atoms with E-state index in [4.69, 9.17) is 5.73 Å². The monoisotopic (exact) mass is 193 g/mol. The molecule has 2 N–H and O–H groups in total. The van der Waals surface area contributed by atoms with Crippen molar-refractivity contribution in [3.05, 3.63) is 24.0 Å². The van der Waals surface area contributed by atoms with E-state index in [-0.39, 0.29) is 0 Å². The Hall–Kier alpha value is -1.09. The van der Waals surface area contributed by atoms with Crippen molar-refractivity contribution in [1.82, 2.24) is 4.98 Å². The lowest BCUT2D eigenvalue weighted by Gasteiger charge is -2.27. The maximum absolute atomic E-state index is 5.49. The van der Waals surface area contributed by atoms with Crippen LogP contribution in [0, 0.1) is 0 Å². The summed E-state index contributed by atoms with van der Waals surface area (Å²) < 4.78 is 0. The van der Waals surface area contributed by atoms with Gasteiger partial charge in [0, 0.05) is 19.1 Å². The molecule has 1 aromatic rings. The smallest absolute Gasteiger partial charge is 0.0555 e. The van der Waals surface area contributed by atoms with E-state index in [9.17, 15) is 0 Å². The van der Waals surface area contributed by atoms with Crippen molar-refractivity contribution in [2.75, 3.05) is 11.4 Å². The molecule has 0 aromatic carbocycles. The van der Waals surface area contributed by atoms with Crippen molar-refractivity contribution in [3.63, 3.8) is 0 Å². The zero-order valence-corrected chi connectivity index (χ0v) is 9.20. The number of nitrogens with two attached hydrogens (primary N) is 1. The van der Waals surface area contributed by atoms with Crippen molar-refractivity contribution in [3.8, 4) is 0 Å². The van der Waals surface area contributed by atoms with Crippen LogP contribution in [-0.4, -0.2) is 17.6 Å². The van der Waals surface area contributed by atoms with Gasteiger partial charge in [0.1, 0.15) is 0 Å². The van der Waals surface area contributed by atoms with Crippen molar-refractivity contribution < 1.29 is 0 Å². The Balaban J connectivity index is 2.84. The zero-order valence-electron chi connectivity index (χ0n) is 9.20. The first-order valence-electron chi connectivity index (χ1n) is 5.10. The van der Waals surface area contributed by atoms with E-state index in [1.165, 1.54) is 5.69 Å². The third kappa shape index (κ3) is 2.45. The highest BCUT2D eigenvalue weighted by Crippen LogP contribution is 2.15. The molecule has 0 fully saturated rings. The van der Waals surface area contributed by atoms with Crippen LogP contribution < -0.4 is 10.6 Å². The van der Waals surface area contributed by atoms with Gasteiger partial charge in [0.05, 0.1) is 17.6 Å². The average molecular weight is 193 g/mol. The average Bonchev–Trinajstić information content (AvgIpc) is 2.19. The van der Waals surface area contributed by atoms with Crippen molar-refractivity contribution >= 4 is 5.69 Å². The van der Waals surface area contributed by atoms with Gasteiger partial charge in [-0.2, -0.15) is 0 Å². The summed E-state index contributed by atoms with van der Waals surface area (Å²) in [6.45, 7) is 8.02. The minimum Gasteiger partial charge on any atom is -0.368 e. The number of hydrogen-bond donors (Lipinski definition) is 1. The minimum atomic E-state index is 0.505. The lowest BCUT2D eigenvalue weighted by molar-refractivity contribution is 0.701. The van der Waals surface area contributed by atoms with Crippen LogP contribution in [0.5, 0.6) is 0 Å². The molecule has 0 unspecified atom stereocenters. The predicted molar refractivity (Wildman–Crippen MR) is 60.3 cm³/mol. The fourth-order valence-corrected chi connectivity index (χ4v) is 1.55. The largest absolute Gasteiger partial charge is 0.368 e. The molecule has 0 aliphatic rings. The topological polar surface area (TPSA) is 42.1 Å². The molecule has 0 aliphatic carbocycles. The molecule has 14 heavy (non-hydrogen) atoms. The first-order chi connectivity index (χ1) is 6.69. The molecule has 3 nitrogen and oxygen atoms in total. The summed E-state index contributed by atoms with van der Waals surface area (Å²) in [6, 6.07) is 4.57. The van der Waals surface area contributed by atoms with Gasteiger partial charge in [-0.15, -0.1) is 0 Å². The molecule has 0 saturated carbocycles. The minimum absolute atomic E-state index is 0.505. The molecule has 0 amide bonds. The van der Waals surface area contributed by atoms with Crippen LogP contribution in [0.4, 0.5) is 5.69 Å². The van der Waals surface area contributed by atoms with Crippen LogP contribution in [0.1, 0.15) is 26.5 Å². The standard InChI is InChI=1S/C11H19N3/c1-4-14(9(2)3)11-6-5-10(7-12)13-8-11/h5-6,8-9H,4,7,12H2,1-3H3. The Bertz CT molecular complexity index is 266. The maximum atomic E-state index is 5.49. The molecule has 1 heterocycles. The van der Waals surface area contributed by atoms with E-state index in [0.717, 1.165) is 12.2 Å². The van der Waals surface area contributed by atoms with E-state index in [1.807, 2.05) is 12.3 Å². The molecule has 0 spiro atoms. The van der Waals surface area contributed by atoms with Crippen molar-refractivity contribution in [1.29, 1.82) is 0 Å². The molecule has 1 aromatic heterocycles. The van der Waals surface area contributed by atoms with Crippen LogP contribution in [0.25, 0.3) is 0 Å². The highest BCUT2D eigenvalue weighted by Gasteiger charge is 2.07. The zero-order chi connectivity index (χ0) is 10.6. The highest BCUT2D eigenvalue weighted by molar-refractivity contribution is 5.45. The highest BCUT2D eigenvalue weighted by atomic mass is 15.1. The maximum Gasteiger partial charge on any atom is 0.0555 e. The molecule has 0 atom stereocenters. The lowest BCUT2D eigenvalue weighted by Crippen LogP contribution is -2.30. The second-order valence-corrected chi connectivity index (χ2v) is 3.59. The van der Waals surface area contributed by atoms with Crippen LogP contribution in [0.2, 0.25) is 0 Å². The second-order valence-electron chi connectivity index (χ2n) is 3.59. The fourth-order valence-electron chi connectivity index (χ4n) is 1.55. The Kier molecular flexibility index (Phi) is 3.89. The molecule has 78 valence electrons. The molecule has 3 heteroatoms. The lowest BCUT2D eigenvalue weighted by atomic mass is 10.2. The van der Waals surface area contributed by atoms with Gasteiger partial charge >= 0.3 is 0 Å². The Labute approximate surface area is 85.9 Å². The fraction of sp³-hybridized carbons (Fsp3) is 0.545. The molecular weight excluding hydrogens is 174 g/mol. The van der Waals surface area contributed by atoms with E-state index in [2.05, 4.69) is 36.7 Å². The van der Waals surface area contributed by atoms with Crippen LogP contribution >= 0.6 is 0 Å². The summed E-state index contributed by atoms with van der Waals surface area (Å²) in [4.78, 5) is 6.58. The third-order valence-electron chi connectivity index (χ3n) is 2.31. The van der Waals surface area contributed by atoms with Gasteiger partial charge < -0.3 is 10.6 Å². The SMILES string of the molecule is CCN(c1ccc(CN)nc1)C(C)C. The van der Waals surface area contributed by atoms with E-state index in [0.29, 0.717) is 12.6 Å². The van der Waals surface area contributed by atoms with Gasteiger partial charge in [0.15, 0.2) is 0 Å². The van der Waals surface area contributed by atoms with Gasteiger partial charge in [-0.05, 0) is 32.9 Å². The first-order valence-corrected chi connectivity index (χ1v) is 5.10. The van der Waals surface area contributed by atoms with Gasteiger partial charge in [-0.25, -0.2) is 0 Å². The number of aromatic nitrogens is 1. The van der Waals surface area contributed by atoms with Gasteiger partial charge in [-0.1, -0.05) is 0 Å². The summed E-state index contributed by atoms with van der Waals surface area (Å²) in [5.74, 6) is 0. The van der Waals surface area contributed by atoms with Gasteiger partial charge in [0.2, 0.25) is 0 Å². The van der Waals surface area contributed by atoms with Gasteiger partial charge in [0.25, 0.3) is 0 Å². The van der Waals surface area contributed by atoms with Crippen LogP contribution in [0.3, 0.4) is 0 Å². The number of rotatable bonds is 4. The summed E-state index contributed by atoms with van der Waals surface area (Å²) in [5.41, 5.74) is 7.60. The summed E-state index contributed by atoms with van der Waals surface area (Å²) in [5, 5.41) is 0. The Morgan fingerprint density at radius 3 is 2.50 bits per heavy atom. The molecule has 0 radical (unpaired) electrons.